The van der Waals surface area contributed by atoms with Crippen molar-refractivity contribution in [1.82, 2.24) is 0 Å². The normalized spacial score (nSPS) is 12.2. The second-order valence-electron chi connectivity index (χ2n) is 4.40. The van der Waals surface area contributed by atoms with Crippen LogP contribution in [0.4, 0.5) is 0 Å². The van der Waals surface area contributed by atoms with Crippen molar-refractivity contribution in [3.05, 3.63) is 0 Å². The molecular weight excluding hydrogens is 152 g/mol. The average molecular weight is 172 g/mol. The maximum absolute atomic E-state index is 10.8. The van der Waals surface area contributed by atoms with E-state index in [4.69, 9.17) is 4.74 Å². The van der Waals surface area contributed by atoms with E-state index in [9.17, 15) is 4.79 Å². The largest absolute Gasteiger partial charge is 0.378 e. The number of carbonyl (C=O) groups excluding carboxylic acids is 1. The van der Waals surface area contributed by atoms with E-state index in [1.165, 1.54) is 0 Å². The number of hydrogen-bond acceptors (Lipinski definition) is 2. The number of rotatable bonds is 5. The van der Waals surface area contributed by atoms with E-state index in [0.29, 0.717) is 13.0 Å². The van der Waals surface area contributed by atoms with Crippen LogP contribution in [0.15, 0.2) is 0 Å². The molecule has 0 aromatic carbocycles. The first kappa shape index (κ1) is 11.6. The van der Waals surface area contributed by atoms with Crippen molar-refractivity contribution < 1.29 is 9.53 Å². The molecule has 0 bridgehead atoms. The van der Waals surface area contributed by atoms with Crippen molar-refractivity contribution in [3.8, 4) is 0 Å². The van der Waals surface area contributed by atoms with E-state index in [0.717, 1.165) is 0 Å². The van der Waals surface area contributed by atoms with E-state index in [-0.39, 0.29) is 17.3 Å². The van der Waals surface area contributed by atoms with Crippen molar-refractivity contribution in [3.63, 3.8) is 0 Å². The van der Waals surface area contributed by atoms with Gasteiger partial charge in [0.2, 0.25) is 0 Å². The SMILES string of the molecule is CC(=O)CC(C)(C)COC(C)C. The van der Waals surface area contributed by atoms with Gasteiger partial charge < -0.3 is 9.53 Å². The highest BCUT2D eigenvalue weighted by Gasteiger charge is 2.20. The van der Waals surface area contributed by atoms with Crippen molar-refractivity contribution in [2.45, 2.75) is 47.1 Å². The fraction of sp³-hybridized carbons (Fsp3) is 0.900. The third kappa shape index (κ3) is 6.35. The Morgan fingerprint density at radius 2 is 1.92 bits per heavy atom. The molecule has 0 amide bonds. The number of carbonyl (C=O) groups is 1. The Bertz CT molecular complexity index is 148. The maximum Gasteiger partial charge on any atom is 0.130 e. The molecule has 12 heavy (non-hydrogen) atoms. The molecule has 72 valence electrons. The zero-order chi connectivity index (χ0) is 9.78. The smallest absolute Gasteiger partial charge is 0.130 e. The average Bonchev–Trinajstić information content (AvgIpc) is 1.81. The zero-order valence-electron chi connectivity index (χ0n) is 8.81. The van der Waals surface area contributed by atoms with Gasteiger partial charge in [-0.25, -0.2) is 0 Å². The highest BCUT2D eigenvalue weighted by molar-refractivity contribution is 5.76. The van der Waals surface area contributed by atoms with Crippen molar-refractivity contribution in [2.24, 2.45) is 5.41 Å². The second-order valence-corrected chi connectivity index (χ2v) is 4.40. The Labute approximate surface area is 75.3 Å². The Morgan fingerprint density at radius 3 is 2.25 bits per heavy atom. The fourth-order valence-corrected chi connectivity index (χ4v) is 1.12. The first-order chi connectivity index (χ1) is 5.33. The molecule has 0 rings (SSSR count). The summed E-state index contributed by atoms with van der Waals surface area (Å²) in [5.41, 5.74) is -0.0178. The van der Waals surface area contributed by atoms with E-state index >= 15 is 0 Å². The van der Waals surface area contributed by atoms with Gasteiger partial charge in [-0.3, -0.25) is 0 Å². The summed E-state index contributed by atoms with van der Waals surface area (Å²) in [4.78, 5) is 10.8. The molecule has 0 saturated heterocycles. The molecule has 0 aromatic heterocycles. The van der Waals surface area contributed by atoms with Crippen molar-refractivity contribution >= 4 is 5.78 Å². The standard InChI is InChI=1S/C10H20O2/c1-8(2)12-7-10(4,5)6-9(3)11/h8H,6-7H2,1-5H3. The molecule has 0 aliphatic rings. The molecule has 0 saturated carbocycles. The first-order valence-electron chi connectivity index (χ1n) is 4.44. The van der Waals surface area contributed by atoms with Crippen LogP contribution in [0.3, 0.4) is 0 Å². The van der Waals surface area contributed by atoms with Gasteiger partial charge in [0, 0.05) is 6.42 Å². The van der Waals surface area contributed by atoms with E-state index in [2.05, 4.69) is 13.8 Å². The summed E-state index contributed by atoms with van der Waals surface area (Å²) in [5, 5.41) is 0. The quantitative estimate of drug-likeness (QED) is 0.636. The Kier molecular flexibility index (Phi) is 4.46. The van der Waals surface area contributed by atoms with Crippen LogP contribution in [-0.4, -0.2) is 18.5 Å². The minimum absolute atomic E-state index is 0.0178. The molecule has 2 nitrogen and oxygen atoms in total. The zero-order valence-corrected chi connectivity index (χ0v) is 8.81. The topological polar surface area (TPSA) is 26.3 Å². The van der Waals surface area contributed by atoms with Crippen LogP contribution in [-0.2, 0) is 9.53 Å². The lowest BCUT2D eigenvalue weighted by molar-refractivity contribution is -0.120. The number of Topliss-reactive ketones (excluding diaryl/α,β-unsaturated/α-hetero) is 1. The van der Waals surface area contributed by atoms with Gasteiger partial charge in [-0.1, -0.05) is 13.8 Å². The van der Waals surface area contributed by atoms with E-state index < -0.39 is 0 Å². The molecule has 0 aliphatic heterocycles. The van der Waals surface area contributed by atoms with E-state index in [1.54, 1.807) is 6.92 Å². The van der Waals surface area contributed by atoms with Crippen molar-refractivity contribution in [2.75, 3.05) is 6.61 Å². The Hall–Kier alpha value is -0.370. The monoisotopic (exact) mass is 172 g/mol. The van der Waals surface area contributed by atoms with Gasteiger partial charge in [0.1, 0.15) is 5.78 Å². The molecule has 0 heterocycles. The summed E-state index contributed by atoms with van der Waals surface area (Å²) in [6.07, 6.45) is 0.843. The molecule has 0 atom stereocenters. The molecule has 0 aliphatic carbocycles. The molecule has 0 spiro atoms. The van der Waals surface area contributed by atoms with Gasteiger partial charge in [0.25, 0.3) is 0 Å². The molecule has 0 radical (unpaired) electrons. The van der Waals surface area contributed by atoms with Crippen LogP contribution in [0.1, 0.15) is 41.0 Å². The predicted octanol–water partition coefficient (Wildman–Crippen LogP) is 2.42. The van der Waals surface area contributed by atoms with Gasteiger partial charge in [0.15, 0.2) is 0 Å². The van der Waals surface area contributed by atoms with Gasteiger partial charge in [0.05, 0.1) is 12.7 Å². The fourth-order valence-electron chi connectivity index (χ4n) is 1.12. The number of ether oxygens (including phenoxy) is 1. The maximum atomic E-state index is 10.8. The molecule has 2 heteroatoms. The van der Waals surface area contributed by atoms with Crippen molar-refractivity contribution in [1.29, 1.82) is 0 Å². The molecule has 0 unspecified atom stereocenters. The summed E-state index contributed by atoms with van der Waals surface area (Å²) in [5.74, 6) is 0.229. The first-order valence-corrected chi connectivity index (χ1v) is 4.44. The minimum Gasteiger partial charge on any atom is -0.378 e. The highest BCUT2D eigenvalue weighted by Crippen LogP contribution is 2.21. The summed E-state index contributed by atoms with van der Waals surface area (Å²) in [6.45, 7) is 10.4. The van der Waals surface area contributed by atoms with Crippen LogP contribution >= 0.6 is 0 Å². The summed E-state index contributed by atoms with van der Waals surface area (Å²) >= 11 is 0. The van der Waals surface area contributed by atoms with Crippen LogP contribution in [0.2, 0.25) is 0 Å². The molecular formula is C10H20O2. The lowest BCUT2D eigenvalue weighted by Gasteiger charge is -2.24. The van der Waals surface area contributed by atoms with Gasteiger partial charge >= 0.3 is 0 Å². The van der Waals surface area contributed by atoms with Crippen LogP contribution < -0.4 is 0 Å². The van der Waals surface area contributed by atoms with Gasteiger partial charge in [-0.2, -0.15) is 0 Å². The summed E-state index contributed by atoms with van der Waals surface area (Å²) in [7, 11) is 0. The Morgan fingerprint density at radius 1 is 1.42 bits per heavy atom. The van der Waals surface area contributed by atoms with Gasteiger partial charge in [-0.05, 0) is 26.2 Å². The van der Waals surface area contributed by atoms with Crippen LogP contribution in [0.5, 0.6) is 0 Å². The number of hydrogen-bond donors (Lipinski definition) is 0. The third-order valence-electron chi connectivity index (χ3n) is 1.53. The van der Waals surface area contributed by atoms with Crippen LogP contribution in [0, 0.1) is 5.41 Å². The summed E-state index contributed by atoms with van der Waals surface area (Å²) in [6, 6.07) is 0. The minimum atomic E-state index is -0.0178. The number of ketones is 1. The third-order valence-corrected chi connectivity index (χ3v) is 1.53. The molecule has 0 N–H and O–H groups in total. The lowest BCUT2D eigenvalue weighted by atomic mass is 9.89. The second kappa shape index (κ2) is 4.61. The molecule has 0 aromatic rings. The van der Waals surface area contributed by atoms with Crippen LogP contribution in [0.25, 0.3) is 0 Å². The predicted molar refractivity (Wildman–Crippen MR) is 50.2 cm³/mol. The lowest BCUT2D eigenvalue weighted by Crippen LogP contribution is -2.24. The van der Waals surface area contributed by atoms with Gasteiger partial charge in [-0.15, -0.1) is 0 Å². The molecule has 0 fully saturated rings. The summed E-state index contributed by atoms with van der Waals surface area (Å²) < 4.78 is 5.46. The van der Waals surface area contributed by atoms with E-state index in [1.807, 2.05) is 13.8 Å². The highest BCUT2D eigenvalue weighted by atomic mass is 16.5. The Balaban J connectivity index is 3.78.